The summed E-state index contributed by atoms with van der Waals surface area (Å²) in [6, 6.07) is 13.2. The fourth-order valence-corrected chi connectivity index (χ4v) is 2.30. The van der Waals surface area contributed by atoms with Crippen LogP contribution in [0.2, 0.25) is 0 Å². The maximum atomic E-state index is 12.4. The van der Waals surface area contributed by atoms with Crippen LogP contribution < -0.4 is 10.1 Å². The molecule has 0 spiro atoms. The maximum Gasteiger partial charge on any atom is 0.338 e. The van der Waals surface area contributed by atoms with Gasteiger partial charge in [0.05, 0.1) is 17.9 Å². The second-order valence-electron chi connectivity index (χ2n) is 5.60. The lowest BCUT2D eigenvalue weighted by molar-refractivity contribution is -0.122. The molecule has 2 aromatic carbocycles. The SMILES string of the molecule is CCOC(=O)c1cccc(O[C@@H](C)C(=O)Nc2ccccc2C(C)=O)c1. The first-order chi connectivity index (χ1) is 12.4. The molecule has 2 rings (SSSR count). The van der Waals surface area contributed by atoms with Crippen LogP contribution in [-0.4, -0.2) is 30.4 Å². The average Bonchev–Trinajstić information content (AvgIpc) is 2.62. The van der Waals surface area contributed by atoms with Crippen molar-refractivity contribution in [3.05, 3.63) is 59.7 Å². The Balaban J connectivity index is 2.07. The lowest BCUT2D eigenvalue weighted by atomic mass is 10.1. The van der Waals surface area contributed by atoms with Crippen molar-refractivity contribution < 1.29 is 23.9 Å². The lowest BCUT2D eigenvalue weighted by Gasteiger charge is -2.16. The molecule has 0 aliphatic carbocycles. The van der Waals surface area contributed by atoms with Crippen molar-refractivity contribution in [3.63, 3.8) is 0 Å². The fraction of sp³-hybridized carbons (Fsp3) is 0.250. The monoisotopic (exact) mass is 355 g/mol. The van der Waals surface area contributed by atoms with Crippen molar-refractivity contribution in [3.8, 4) is 5.75 Å². The molecule has 0 unspecified atom stereocenters. The number of carbonyl (C=O) groups excluding carboxylic acids is 3. The molecular weight excluding hydrogens is 334 g/mol. The third-order valence-electron chi connectivity index (χ3n) is 3.59. The smallest absolute Gasteiger partial charge is 0.338 e. The highest BCUT2D eigenvalue weighted by molar-refractivity contribution is 6.04. The van der Waals surface area contributed by atoms with Crippen LogP contribution in [0.3, 0.4) is 0 Å². The summed E-state index contributed by atoms with van der Waals surface area (Å²) < 4.78 is 10.6. The Morgan fingerprint density at radius 1 is 1.08 bits per heavy atom. The second kappa shape index (κ2) is 8.80. The quantitative estimate of drug-likeness (QED) is 0.607. The van der Waals surface area contributed by atoms with Gasteiger partial charge < -0.3 is 14.8 Å². The molecule has 1 N–H and O–H groups in total. The third kappa shape index (κ3) is 4.92. The summed E-state index contributed by atoms with van der Waals surface area (Å²) in [7, 11) is 0. The number of ketones is 1. The molecule has 0 fully saturated rings. The van der Waals surface area contributed by atoms with E-state index in [1.54, 1.807) is 56.3 Å². The number of amides is 1. The molecule has 0 radical (unpaired) electrons. The summed E-state index contributed by atoms with van der Waals surface area (Å²) in [6.07, 6.45) is -0.826. The van der Waals surface area contributed by atoms with E-state index in [-0.39, 0.29) is 12.4 Å². The number of rotatable bonds is 7. The van der Waals surface area contributed by atoms with Crippen LogP contribution in [0.15, 0.2) is 48.5 Å². The second-order valence-corrected chi connectivity index (χ2v) is 5.60. The van der Waals surface area contributed by atoms with Crippen LogP contribution in [0.1, 0.15) is 41.5 Å². The summed E-state index contributed by atoms with van der Waals surface area (Å²) in [6.45, 7) is 5.02. The van der Waals surface area contributed by atoms with E-state index >= 15 is 0 Å². The number of ether oxygens (including phenoxy) is 2. The van der Waals surface area contributed by atoms with Gasteiger partial charge in [0.25, 0.3) is 5.91 Å². The summed E-state index contributed by atoms with van der Waals surface area (Å²) in [5, 5.41) is 2.69. The predicted octanol–water partition coefficient (Wildman–Crippen LogP) is 3.47. The van der Waals surface area contributed by atoms with Gasteiger partial charge in [-0.1, -0.05) is 18.2 Å². The number of carbonyl (C=O) groups is 3. The summed E-state index contributed by atoms with van der Waals surface area (Å²) >= 11 is 0. The highest BCUT2D eigenvalue weighted by Crippen LogP contribution is 2.18. The maximum absolute atomic E-state index is 12.4. The highest BCUT2D eigenvalue weighted by atomic mass is 16.5. The third-order valence-corrected chi connectivity index (χ3v) is 3.59. The molecule has 0 aromatic heterocycles. The number of anilines is 1. The van der Waals surface area contributed by atoms with E-state index in [2.05, 4.69) is 5.32 Å². The summed E-state index contributed by atoms with van der Waals surface area (Å²) in [5.74, 6) is -0.625. The van der Waals surface area contributed by atoms with Gasteiger partial charge in [-0.25, -0.2) is 4.79 Å². The standard InChI is InChI=1S/C20H21NO5/c1-4-25-20(24)15-8-7-9-16(12-15)26-14(3)19(23)21-18-11-6-5-10-17(18)13(2)22/h5-12,14H,4H2,1-3H3,(H,21,23)/t14-/m0/s1. The van der Waals surface area contributed by atoms with Gasteiger partial charge in [-0.3, -0.25) is 9.59 Å². The van der Waals surface area contributed by atoms with Gasteiger partial charge >= 0.3 is 5.97 Å². The minimum atomic E-state index is -0.826. The molecule has 1 atom stereocenters. The van der Waals surface area contributed by atoms with Crippen molar-refractivity contribution in [2.75, 3.05) is 11.9 Å². The van der Waals surface area contributed by atoms with Crippen molar-refractivity contribution in [1.29, 1.82) is 0 Å². The molecule has 26 heavy (non-hydrogen) atoms. The first-order valence-corrected chi connectivity index (χ1v) is 8.27. The molecule has 0 aliphatic rings. The molecule has 0 saturated heterocycles. The van der Waals surface area contributed by atoms with E-state index in [0.717, 1.165) is 0 Å². The largest absolute Gasteiger partial charge is 0.481 e. The number of Topliss-reactive ketones (excluding diaryl/α,β-unsaturated/α-hetero) is 1. The topological polar surface area (TPSA) is 81.7 Å². The van der Waals surface area contributed by atoms with Gasteiger partial charge in [0, 0.05) is 5.56 Å². The lowest BCUT2D eigenvalue weighted by Crippen LogP contribution is -2.30. The molecular formula is C20H21NO5. The van der Waals surface area contributed by atoms with Crippen LogP contribution in [0.25, 0.3) is 0 Å². The molecule has 1 amide bonds. The molecule has 2 aromatic rings. The normalized spacial score (nSPS) is 11.3. The van der Waals surface area contributed by atoms with Crippen LogP contribution in [0.5, 0.6) is 5.75 Å². The van der Waals surface area contributed by atoms with Crippen molar-refractivity contribution >= 4 is 23.3 Å². The van der Waals surface area contributed by atoms with Crippen molar-refractivity contribution in [2.45, 2.75) is 26.9 Å². The zero-order valence-corrected chi connectivity index (χ0v) is 14.9. The van der Waals surface area contributed by atoms with Crippen LogP contribution >= 0.6 is 0 Å². The van der Waals surface area contributed by atoms with Gasteiger partial charge in [0.1, 0.15) is 5.75 Å². The molecule has 6 nitrogen and oxygen atoms in total. The Morgan fingerprint density at radius 3 is 2.50 bits per heavy atom. The van der Waals surface area contributed by atoms with E-state index < -0.39 is 18.0 Å². The number of para-hydroxylation sites is 1. The number of benzene rings is 2. The Morgan fingerprint density at radius 2 is 1.81 bits per heavy atom. The van der Waals surface area contributed by atoms with E-state index in [0.29, 0.717) is 22.6 Å². The van der Waals surface area contributed by atoms with Crippen LogP contribution in [-0.2, 0) is 9.53 Å². The van der Waals surface area contributed by atoms with Crippen molar-refractivity contribution in [1.82, 2.24) is 0 Å². The minimum absolute atomic E-state index is 0.142. The molecule has 6 heteroatoms. The first kappa shape index (κ1) is 19.2. The average molecular weight is 355 g/mol. The number of hydrogen-bond acceptors (Lipinski definition) is 5. The fourth-order valence-electron chi connectivity index (χ4n) is 2.30. The van der Waals surface area contributed by atoms with E-state index in [1.807, 2.05) is 0 Å². The van der Waals surface area contributed by atoms with Crippen molar-refractivity contribution in [2.24, 2.45) is 0 Å². The van der Waals surface area contributed by atoms with E-state index in [9.17, 15) is 14.4 Å². The molecule has 0 saturated carbocycles. The van der Waals surface area contributed by atoms with Gasteiger partial charge in [0.15, 0.2) is 11.9 Å². The number of hydrogen-bond donors (Lipinski definition) is 1. The van der Waals surface area contributed by atoms with Gasteiger partial charge in [0.2, 0.25) is 0 Å². The Bertz CT molecular complexity index is 815. The number of nitrogens with one attached hydrogen (secondary N) is 1. The van der Waals surface area contributed by atoms with Crippen LogP contribution in [0.4, 0.5) is 5.69 Å². The molecule has 0 heterocycles. The highest BCUT2D eigenvalue weighted by Gasteiger charge is 2.18. The Kier molecular flexibility index (Phi) is 6.49. The zero-order valence-electron chi connectivity index (χ0n) is 14.9. The molecule has 136 valence electrons. The van der Waals surface area contributed by atoms with Gasteiger partial charge in [-0.05, 0) is 51.1 Å². The van der Waals surface area contributed by atoms with E-state index in [4.69, 9.17) is 9.47 Å². The number of esters is 1. The summed E-state index contributed by atoms with van der Waals surface area (Å²) in [5.41, 5.74) is 1.21. The van der Waals surface area contributed by atoms with Gasteiger partial charge in [-0.15, -0.1) is 0 Å². The Hall–Kier alpha value is -3.15. The van der Waals surface area contributed by atoms with E-state index in [1.165, 1.54) is 13.0 Å². The van der Waals surface area contributed by atoms with Crippen LogP contribution in [0, 0.1) is 0 Å². The first-order valence-electron chi connectivity index (χ1n) is 8.27. The minimum Gasteiger partial charge on any atom is -0.481 e. The Labute approximate surface area is 152 Å². The summed E-state index contributed by atoms with van der Waals surface area (Å²) in [4.78, 5) is 35.8. The molecule has 0 aliphatic heterocycles. The van der Waals surface area contributed by atoms with Gasteiger partial charge in [-0.2, -0.15) is 0 Å². The predicted molar refractivity (Wildman–Crippen MR) is 97.6 cm³/mol. The molecule has 0 bridgehead atoms. The zero-order chi connectivity index (χ0) is 19.1.